The van der Waals surface area contributed by atoms with Gasteiger partial charge in [0.05, 0.1) is 6.33 Å². The summed E-state index contributed by atoms with van der Waals surface area (Å²) in [6.45, 7) is 2.22. The van der Waals surface area contributed by atoms with E-state index in [9.17, 15) is 0 Å². The van der Waals surface area contributed by atoms with E-state index < -0.39 is 0 Å². The van der Waals surface area contributed by atoms with Crippen molar-refractivity contribution in [3.8, 4) is 0 Å². The second-order valence-electron chi connectivity index (χ2n) is 5.27. The monoisotopic (exact) mass is 279 g/mol. The van der Waals surface area contributed by atoms with Gasteiger partial charge in [-0.15, -0.1) is 0 Å². The van der Waals surface area contributed by atoms with E-state index in [0.29, 0.717) is 17.6 Å². The Bertz CT molecular complexity index is 561. The fraction of sp³-hybridized carbons (Fsp3) is 0.615. The van der Waals surface area contributed by atoms with Gasteiger partial charge in [-0.25, -0.2) is 4.98 Å². The summed E-state index contributed by atoms with van der Waals surface area (Å²) in [4.78, 5) is 15.6. The van der Waals surface area contributed by atoms with Gasteiger partial charge in [0, 0.05) is 6.04 Å². The third-order valence-corrected chi connectivity index (χ3v) is 4.15. The maximum absolute atomic E-state index is 5.93. The van der Waals surface area contributed by atoms with Gasteiger partial charge in [-0.3, -0.25) is 0 Å². The molecular formula is C13H18ClN5. The van der Waals surface area contributed by atoms with Gasteiger partial charge in [0.1, 0.15) is 5.52 Å². The lowest BCUT2D eigenvalue weighted by molar-refractivity contribution is 0.328. The maximum Gasteiger partial charge on any atom is 0.226 e. The van der Waals surface area contributed by atoms with Gasteiger partial charge in [-0.1, -0.05) is 19.3 Å². The van der Waals surface area contributed by atoms with Crippen LogP contribution in [0.1, 0.15) is 39.0 Å². The highest BCUT2D eigenvalue weighted by Gasteiger charge is 2.21. The number of H-pyrrole nitrogens is 1. The van der Waals surface area contributed by atoms with E-state index in [-0.39, 0.29) is 5.28 Å². The zero-order valence-electron chi connectivity index (χ0n) is 11.0. The minimum Gasteiger partial charge on any atom is -0.365 e. The summed E-state index contributed by atoms with van der Waals surface area (Å²) < 4.78 is 0. The quantitative estimate of drug-likeness (QED) is 0.845. The lowest BCUT2D eigenvalue weighted by atomic mass is 9.84. The molecule has 0 aromatic carbocycles. The standard InChI is InChI=1S/C13H18ClN5/c1-8(9-5-3-2-4-6-9)17-12-10-11(16-7-15-10)18-13(14)19-12/h7-9H,2-6H2,1H3,(H2,15,16,17,18,19). The van der Waals surface area contributed by atoms with Crippen LogP contribution in [0.5, 0.6) is 0 Å². The van der Waals surface area contributed by atoms with Crippen molar-refractivity contribution in [3.05, 3.63) is 11.6 Å². The third kappa shape index (κ3) is 2.66. The van der Waals surface area contributed by atoms with E-state index in [2.05, 4.69) is 32.2 Å². The molecule has 1 fully saturated rings. The average molecular weight is 280 g/mol. The van der Waals surface area contributed by atoms with Gasteiger partial charge < -0.3 is 10.3 Å². The Kier molecular flexibility index (Phi) is 3.55. The lowest BCUT2D eigenvalue weighted by Gasteiger charge is -2.28. The number of aromatic amines is 1. The molecule has 102 valence electrons. The maximum atomic E-state index is 5.93. The van der Waals surface area contributed by atoms with Crippen LogP contribution < -0.4 is 5.32 Å². The fourth-order valence-corrected chi connectivity index (χ4v) is 3.04. The van der Waals surface area contributed by atoms with E-state index in [1.165, 1.54) is 32.1 Å². The Hall–Kier alpha value is -1.36. The molecule has 0 saturated heterocycles. The Balaban J connectivity index is 1.82. The number of rotatable bonds is 3. The Morgan fingerprint density at radius 2 is 2.11 bits per heavy atom. The zero-order valence-corrected chi connectivity index (χ0v) is 11.7. The van der Waals surface area contributed by atoms with Crippen LogP contribution in [0.15, 0.2) is 6.33 Å². The molecule has 2 aromatic heterocycles. The van der Waals surface area contributed by atoms with Crippen molar-refractivity contribution in [2.75, 3.05) is 5.32 Å². The summed E-state index contributed by atoms with van der Waals surface area (Å²) in [5.74, 6) is 1.46. The van der Waals surface area contributed by atoms with E-state index in [4.69, 9.17) is 11.6 Å². The largest absolute Gasteiger partial charge is 0.365 e. The van der Waals surface area contributed by atoms with Crippen LogP contribution in [0.2, 0.25) is 5.28 Å². The van der Waals surface area contributed by atoms with Crippen LogP contribution in [-0.4, -0.2) is 26.0 Å². The van der Waals surface area contributed by atoms with Gasteiger partial charge in [0.15, 0.2) is 11.5 Å². The first-order chi connectivity index (χ1) is 9.24. The summed E-state index contributed by atoms with van der Waals surface area (Å²) in [6.07, 6.45) is 8.24. The summed E-state index contributed by atoms with van der Waals surface area (Å²) in [5, 5.41) is 3.71. The fourth-order valence-electron chi connectivity index (χ4n) is 2.88. The van der Waals surface area contributed by atoms with Crippen molar-refractivity contribution >= 4 is 28.6 Å². The molecule has 2 aromatic rings. The molecule has 1 aliphatic rings. The Labute approximate surface area is 117 Å². The van der Waals surface area contributed by atoms with E-state index >= 15 is 0 Å². The highest BCUT2D eigenvalue weighted by molar-refractivity contribution is 6.28. The zero-order chi connectivity index (χ0) is 13.2. The molecule has 19 heavy (non-hydrogen) atoms. The van der Waals surface area contributed by atoms with Crippen LogP contribution in [0.25, 0.3) is 11.2 Å². The predicted octanol–water partition coefficient (Wildman–Crippen LogP) is 3.39. The number of halogens is 1. The molecular weight excluding hydrogens is 262 g/mol. The third-order valence-electron chi connectivity index (χ3n) is 3.98. The topological polar surface area (TPSA) is 66.5 Å². The molecule has 0 bridgehead atoms. The van der Waals surface area contributed by atoms with Gasteiger partial charge in [-0.05, 0) is 37.3 Å². The number of nitrogens with one attached hydrogen (secondary N) is 2. The summed E-state index contributed by atoms with van der Waals surface area (Å²) in [5.41, 5.74) is 1.44. The van der Waals surface area contributed by atoms with Gasteiger partial charge in [0.2, 0.25) is 5.28 Å². The molecule has 1 atom stereocenters. The highest BCUT2D eigenvalue weighted by atomic mass is 35.5. The molecule has 0 aliphatic heterocycles. The molecule has 6 heteroatoms. The molecule has 2 heterocycles. The number of hydrogen-bond donors (Lipinski definition) is 2. The molecule has 1 aliphatic carbocycles. The van der Waals surface area contributed by atoms with Crippen molar-refractivity contribution in [1.29, 1.82) is 0 Å². The minimum absolute atomic E-state index is 0.234. The van der Waals surface area contributed by atoms with Crippen molar-refractivity contribution in [1.82, 2.24) is 19.9 Å². The number of aromatic nitrogens is 4. The lowest BCUT2D eigenvalue weighted by Crippen LogP contribution is -2.28. The van der Waals surface area contributed by atoms with E-state index in [1.54, 1.807) is 6.33 Å². The van der Waals surface area contributed by atoms with Gasteiger partial charge >= 0.3 is 0 Å². The van der Waals surface area contributed by atoms with Crippen LogP contribution in [0.3, 0.4) is 0 Å². The average Bonchev–Trinajstić information content (AvgIpc) is 2.88. The highest BCUT2D eigenvalue weighted by Crippen LogP contribution is 2.29. The number of imidazole rings is 1. The molecule has 0 spiro atoms. The summed E-state index contributed by atoms with van der Waals surface area (Å²) in [7, 11) is 0. The van der Waals surface area contributed by atoms with E-state index in [1.807, 2.05) is 0 Å². The van der Waals surface area contributed by atoms with Crippen LogP contribution in [-0.2, 0) is 0 Å². The van der Waals surface area contributed by atoms with Crippen molar-refractivity contribution < 1.29 is 0 Å². The normalized spacial score (nSPS) is 18.6. The van der Waals surface area contributed by atoms with Crippen LogP contribution >= 0.6 is 11.6 Å². The molecule has 1 unspecified atom stereocenters. The molecule has 2 N–H and O–H groups in total. The minimum atomic E-state index is 0.234. The summed E-state index contributed by atoms with van der Waals surface area (Å²) >= 11 is 5.93. The van der Waals surface area contributed by atoms with Crippen molar-refractivity contribution in [2.24, 2.45) is 5.92 Å². The van der Waals surface area contributed by atoms with Crippen molar-refractivity contribution in [3.63, 3.8) is 0 Å². The molecule has 0 radical (unpaired) electrons. The second-order valence-corrected chi connectivity index (χ2v) is 5.61. The summed E-state index contributed by atoms with van der Waals surface area (Å²) in [6, 6.07) is 0.387. The van der Waals surface area contributed by atoms with Crippen molar-refractivity contribution in [2.45, 2.75) is 45.1 Å². The number of anilines is 1. The molecule has 3 rings (SSSR count). The molecule has 1 saturated carbocycles. The number of fused-ring (bicyclic) bond motifs is 1. The van der Waals surface area contributed by atoms with Crippen LogP contribution in [0, 0.1) is 5.92 Å². The van der Waals surface area contributed by atoms with Gasteiger partial charge in [0.25, 0.3) is 0 Å². The predicted molar refractivity (Wildman–Crippen MR) is 76.4 cm³/mol. The Morgan fingerprint density at radius 1 is 1.32 bits per heavy atom. The number of nitrogens with zero attached hydrogens (tertiary/aromatic N) is 3. The Morgan fingerprint density at radius 3 is 2.89 bits per heavy atom. The van der Waals surface area contributed by atoms with Gasteiger partial charge in [-0.2, -0.15) is 9.97 Å². The SMILES string of the molecule is CC(Nc1nc(Cl)nc2nc[nH]c12)C1CCCCC1. The smallest absolute Gasteiger partial charge is 0.226 e. The molecule has 5 nitrogen and oxygen atoms in total. The first-order valence-corrected chi connectivity index (χ1v) is 7.25. The molecule has 0 amide bonds. The second kappa shape index (κ2) is 5.33. The first-order valence-electron chi connectivity index (χ1n) is 6.87. The first kappa shape index (κ1) is 12.7. The number of hydrogen-bond acceptors (Lipinski definition) is 4. The van der Waals surface area contributed by atoms with E-state index in [0.717, 1.165) is 11.3 Å². The van der Waals surface area contributed by atoms with Crippen LogP contribution in [0.4, 0.5) is 5.82 Å².